The number of nitrogens with one attached hydrogen (secondary N) is 1. The van der Waals surface area contributed by atoms with Gasteiger partial charge in [0, 0.05) is 35.5 Å². The molecule has 5 nitrogen and oxygen atoms in total. The minimum atomic E-state index is 0.393. The molecule has 0 amide bonds. The average Bonchev–Trinajstić information content (AvgIpc) is 2.96. The van der Waals surface area contributed by atoms with Gasteiger partial charge >= 0.3 is 0 Å². The third-order valence-electron chi connectivity index (χ3n) is 3.29. The van der Waals surface area contributed by atoms with Crippen molar-refractivity contribution in [3.63, 3.8) is 0 Å². The Hall–Kier alpha value is -1.24. The molecule has 2 heterocycles. The molecule has 0 bridgehead atoms. The predicted molar refractivity (Wildman–Crippen MR) is 84.1 cm³/mol. The summed E-state index contributed by atoms with van der Waals surface area (Å²) in [6, 6.07) is 5.76. The van der Waals surface area contributed by atoms with E-state index < -0.39 is 0 Å². The Morgan fingerprint density at radius 2 is 2.43 bits per heavy atom. The Morgan fingerprint density at radius 1 is 1.52 bits per heavy atom. The van der Waals surface area contributed by atoms with Crippen LogP contribution in [-0.2, 0) is 6.42 Å². The van der Waals surface area contributed by atoms with E-state index in [1.807, 2.05) is 17.8 Å². The van der Waals surface area contributed by atoms with E-state index in [0.717, 1.165) is 30.0 Å². The van der Waals surface area contributed by atoms with E-state index in [1.165, 1.54) is 0 Å². The normalized spacial score (nSPS) is 18.7. The highest BCUT2D eigenvalue weighted by Gasteiger charge is 2.19. The van der Waals surface area contributed by atoms with Crippen LogP contribution in [0.4, 0.5) is 0 Å². The van der Waals surface area contributed by atoms with E-state index in [0.29, 0.717) is 28.5 Å². The number of thioether (sulfide) groups is 1. The number of ether oxygens (including phenoxy) is 1. The number of aromatic nitrogens is 2. The molecule has 112 valence electrons. The van der Waals surface area contributed by atoms with Crippen LogP contribution < -0.4 is 10.1 Å². The van der Waals surface area contributed by atoms with E-state index >= 15 is 0 Å². The van der Waals surface area contributed by atoms with Crippen molar-refractivity contribution >= 4 is 23.4 Å². The van der Waals surface area contributed by atoms with Crippen LogP contribution in [0.2, 0.25) is 5.02 Å². The second kappa shape index (κ2) is 6.68. The highest BCUT2D eigenvalue weighted by Crippen LogP contribution is 2.30. The first-order valence-electron chi connectivity index (χ1n) is 6.74. The molecule has 0 saturated carbocycles. The second-order valence-electron chi connectivity index (χ2n) is 4.79. The van der Waals surface area contributed by atoms with Crippen molar-refractivity contribution in [2.24, 2.45) is 0 Å². The molecular weight excluding hydrogens is 310 g/mol. The number of halogens is 1. The topological polar surface area (TPSA) is 60.2 Å². The first kappa shape index (κ1) is 14.7. The number of nitrogens with zero attached hydrogens (tertiary/aromatic N) is 2. The zero-order valence-electron chi connectivity index (χ0n) is 11.6. The summed E-state index contributed by atoms with van der Waals surface area (Å²) >= 11 is 7.91. The molecule has 1 fully saturated rings. The molecule has 0 radical (unpaired) electrons. The SMILES string of the molecule is COc1cc(Cl)ccc1-c1noc(CC2CSCCN2)n1. The third-order valence-corrected chi connectivity index (χ3v) is 4.66. The van der Waals surface area contributed by atoms with Crippen molar-refractivity contribution < 1.29 is 9.26 Å². The monoisotopic (exact) mass is 325 g/mol. The van der Waals surface area contributed by atoms with Crippen LogP contribution in [0, 0.1) is 0 Å². The van der Waals surface area contributed by atoms with Gasteiger partial charge in [-0.25, -0.2) is 0 Å². The van der Waals surface area contributed by atoms with Crippen molar-refractivity contribution in [2.45, 2.75) is 12.5 Å². The molecule has 2 aromatic rings. The lowest BCUT2D eigenvalue weighted by Gasteiger charge is -2.21. The number of hydrogen-bond donors (Lipinski definition) is 1. The molecule has 1 saturated heterocycles. The van der Waals surface area contributed by atoms with Crippen molar-refractivity contribution in [3.8, 4) is 17.1 Å². The molecule has 1 aliphatic rings. The molecule has 1 atom stereocenters. The summed E-state index contributed by atoms with van der Waals surface area (Å²) in [6.45, 7) is 1.03. The number of hydrogen-bond acceptors (Lipinski definition) is 6. The molecule has 1 aliphatic heterocycles. The van der Waals surface area contributed by atoms with Gasteiger partial charge in [0.15, 0.2) is 0 Å². The smallest absolute Gasteiger partial charge is 0.228 e. The fourth-order valence-electron chi connectivity index (χ4n) is 2.26. The van der Waals surface area contributed by atoms with Gasteiger partial charge in [-0.3, -0.25) is 0 Å². The summed E-state index contributed by atoms with van der Waals surface area (Å²) in [5, 5.41) is 8.12. The van der Waals surface area contributed by atoms with Gasteiger partial charge in [0.05, 0.1) is 12.7 Å². The summed E-state index contributed by atoms with van der Waals surface area (Å²) in [6.07, 6.45) is 0.746. The average molecular weight is 326 g/mol. The van der Waals surface area contributed by atoms with Gasteiger partial charge in [-0.1, -0.05) is 16.8 Å². The van der Waals surface area contributed by atoms with Gasteiger partial charge in [-0.2, -0.15) is 16.7 Å². The largest absolute Gasteiger partial charge is 0.496 e. The van der Waals surface area contributed by atoms with Crippen LogP contribution >= 0.6 is 23.4 Å². The summed E-state index contributed by atoms with van der Waals surface area (Å²) in [5.74, 6) is 4.04. The van der Waals surface area contributed by atoms with Gasteiger partial charge in [-0.15, -0.1) is 0 Å². The van der Waals surface area contributed by atoms with Gasteiger partial charge in [0.2, 0.25) is 11.7 Å². The van der Waals surface area contributed by atoms with Gasteiger partial charge < -0.3 is 14.6 Å². The van der Waals surface area contributed by atoms with E-state index in [2.05, 4.69) is 15.5 Å². The Morgan fingerprint density at radius 3 is 3.19 bits per heavy atom. The molecule has 3 rings (SSSR count). The lowest BCUT2D eigenvalue weighted by molar-refractivity contribution is 0.362. The van der Waals surface area contributed by atoms with Crippen LogP contribution in [0.15, 0.2) is 22.7 Å². The lowest BCUT2D eigenvalue weighted by Crippen LogP contribution is -2.38. The fraction of sp³-hybridized carbons (Fsp3) is 0.429. The number of benzene rings is 1. The maximum absolute atomic E-state index is 5.96. The van der Waals surface area contributed by atoms with Crippen molar-refractivity contribution in [2.75, 3.05) is 25.2 Å². The van der Waals surface area contributed by atoms with Crippen LogP contribution in [0.5, 0.6) is 5.75 Å². The van der Waals surface area contributed by atoms with Crippen molar-refractivity contribution in [1.82, 2.24) is 15.5 Å². The van der Waals surface area contributed by atoms with E-state index in [-0.39, 0.29) is 0 Å². The zero-order chi connectivity index (χ0) is 14.7. The number of methoxy groups -OCH3 is 1. The molecular formula is C14H16ClN3O2S. The quantitative estimate of drug-likeness (QED) is 0.932. The van der Waals surface area contributed by atoms with Crippen LogP contribution in [-0.4, -0.2) is 41.3 Å². The molecule has 1 unspecified atom stereocenters. The fourth-order valence-corrected chi connectivity index (χ4v) is 3.37. The minimum Gasteiger partial charge on any atom is -0.496 e. The summed E-state index contributed by atoms with van der Waals surface area (Å²) in [7, 11) is 1.60. The lowest BCUT2D eigenvalue weighted by atomic mass is 10.2. The molecule has 1 aromatic carbocycles. The summed E-state index contributed by atoms with van der Waals surface area (Å²) < 4.78 is 10.7. The van der Waals surface area contributed by atoms with Crippen LogP contribution in [0.1, 0.15) is 5.89 Å². The number of rotatable bonds is 4. The predicted octanol–water partition coefficient (Wildman–Crippen LogP) is 2.65. The van der Waals surface area contributed by atoms with Gasteiger partial charge in [-0.05, 0) is 18.2 Å². The second-order valence-corrected chi connectivity index (χ2v) is 6.37. The van der Waals surface area contributed by atoms with E-state index in [1.54, 1.807) is 19.2 Å². The Labute approximate surface area is 132 Å². The molecule has 0 aliphatic carbocycles. The molecule has 21 heavy (non-hydrogen) atoms. The van der Waals surface area contributed by atoms with E-state index in [9.17, 15) is 0 Å². The Bertz CT molecular complexity index is 614. The van der Waals surface area contributed by atoms with Crippen LogP contribution in [0.3, 0.4) is 0 Å². The molecule has 7 heteroatoms. The minimum absolute atomic E-state index is 0.393. The highest BCUT2D eigenvalue weighted by atomic mass is 35.5. The van der Waals surface area contributed by atoms with Gasteiger partial charge in [0.1, 0.15) is 5.75 Å². The first-order chi connectivity index (χ1) is 10.3. The summed E-state index contributed by atoms with van der Waals surface area (Å²) in [5.41, 5.74) is 0.780. The first-order valence-corrected chi connectivity index (χ1v) is 8.27. The zero-order valence-corrected chi connectivity index (χ0v) is 13.2. The van der Waals surface area contributed by atoms with Crippen molar-refractivity contribution in [3.05, 3.63) is 29.1 Å². The van der Waals surface area contributed by atoms with E-state index in [4.69, 9.17) is 20.9 Å². The summed E-state index contributed by atoms with van der Waals surface area (Å²) in [4.78, 5) is 4.46. The maximum Gasteiger partial charge on any atom is 0.228 e. The molecule has 0 spiro atoms. The third kappa shape index (κ3) is 3.51. The molecule has 1 aromatic heterocycles. The highest BCUT2D eigenvalue weighted by molar-refractivity contribution is 7.99. The molecule has 1 N–H and O–H groups in total. The van der Waals surface area contributed by atoms with Crippen molar-refractivity contribution in [1.29, 1.82) is 0 Å². The maximum atomic E-state index is 5.96. The Kier molecular flexibility index (Phi) is 4.67. The standard InChI is InChI=1S/C14H16ClN3O2S/c1-19-12-6-9(15)2-3-11(12)14-17-13(20-18-14)7-10-8-21-5-4-16-10/h2-3,6,10,16H,4-5,7-8H2,1H3. The van der Waals surface area contributed by atoms with Gasteiger partial charge in [0.25, 0.3) is 0 Å². The Balaban J connectivity index is 1.78. The van der Waals surface area contributed by atoms with Crippen LogP contribution in [0.25, 0.3) is 11.4 Å².